The van der Waals surface area contributed by atoms with Gasteiger partial charge in [-0.25, -0.2) is 9.37 Å². The van der Waals surface area contributed by atoms with Gasteiger partial charge in [0.25, 0.3) is 0 Å². The van der Waals surface area contributed by atoms with Gasteiger partial charge in [0, 0.05) is 18.0 Å². The van der Waals surface area contributed by atoms with E-state index in [0.29, 0.717) is 11.5 Å². The Morgan fingerprint density at radius 1 is 1.18 bits per heavy atom. The number of carbonyl (C=O) groups excluding carboxylic acids is 1. The summed E-state index contributed by atoms with van der Waals surface area (Å²) in [7, 11) is 2.89. The van der Waals surface area contributed by atoms with Gasteiger partial charge in [-0.1, -0.05) is 0 Å². The molecule has 0 saturated carbocycles. The maximum Gasteiger partial charge on any atom is 0.226 e. The maximum atomic E-state index is 13.3. The van der Waals surface area contributed by atoms with Crippen molar-refractivity contribution in [2.45, 2.75) is 12.3 Å². The van der Waals surface area contributed by atoms with Gasteiger partial charge in [-0.05, 0) is 42.0 Å². The molecule has 0 bridgehead atoms. The largest absolute Gasteiger partial charge is 0.502 e. The molecule has 3 aromatic rings. The lowest BCUT2D eigenvalue weighted by atomic mass is 9.89. The van der Waals surface area contributed by atoms with Gasteiger partial charge in [-0.2, -0.15) is 0 Å². The van der Waals surface area contributed by atoms with Crippen LogP contribution >= 0.6 is 0 Å². The summed E-state index contributed by atoms with van der Waals surface area (Å²) in [6.07, 6.45) is 1.77. The number of halogens is 1. The number of benzene rings is 2. The molecule has 1 amide bonds. The number of methoxy groups -OCH3 is 2. The van der Waals surface area contributed by atoms with Crippen LogP contribution in [0.1, 0.15) is 23.6 Å². The van der Waals surface area contributed by atoms with Gasteiger partial charge in [0.15, 0.2) is 17.3 Å². The molecule has 7 nitrogen and oxygen atoms in total. The monoisotopic (exact) mass is 383 g/mol. The second-order valence-electron chi connectivity index (χ2n) is 6.40. The van der Waals surface area contributed by atoms with Crippen LogP contribution in [0, 0.1) is 5.82 Å². The van der Waals surface area contributed by atoms with Crippen molar-refractivity contribution < 1.29 is 23.8 Å². The van der Waals surface area contributed by atoms with Crippen LogP contribution in [0.3, 0.4) is 0 Å². The molecule has 8 heteroatoms. The molecule has 144 valence electrons. The molecular formula is C20H18FN3O4. The molecule has 1 aliphatic heterocycles. The standard InChI is InChI=1S/C20H18FN3O4/c1-27-15-7-11(8-16(28-2)19(15)26)14-9-17(25)23-20-18(14)24(10-22-20)13-5-3-12(21)4-6-13/h3-8,10,14,26H,9H2,1-2H3,(H,23,25)/t14-/m0/s1. The summed E-state index contributed by atoms with van der Waals surface area (Å²) in [6, 6.07) is 9.36. The number of amides is 1. The van der Waals surface area contributed by atoms with Gasteiger partial charge < -0.3 is 24.5 Å². The highest BCUT2D eigenvalue weighted by Gasteiger charge is 2.32. The van der Waals surface area contributed by atoms with Crippen LogP contribution in [0.2, 0.25) is 0 Å². The van der Waals surface area contributed by atoms with E-state index in [1.54, 1.807) is 30.6 Å². The van der Waals surface area contributed by atoms with E-state index in [1.807, 2.05) is 4.57 Å². The Balaban J connectivity index is 1.88. The van der Waals surface area contributed by atoms with Crippen molar-refractivity contribution in [3.8, 4) is 22.9 Å². The highest BCUT2D eigenvalue weighted by molar-refractivity contribution is 5.94. The predicted octanol–water partition coefficient (Wildman–Crippen LogP) is 3.21. The summed E-state index contributed by atoms with van der Waals surface area (Å²) >= 11 is 0. The number of phenolic OH excluding ortho intramolecular Hbond substituents is 1. The minimum absolute atomic E-state index is 0.110. The van der Waals surface area contributed by atoms with Gasteiger partial charge in [-0.3, -0.25) is 4.79 Å². The van der Waals surface area contributed by atoms with Crippen LogP contribution in [0.15, 0.2) is 42.7 Å². The van der Waals surface area contributed by atoms with Crippen molar-refractivity contribution in [3.05, 3.63) is 59.8 Å². The van der Waals surface area contributed by atoms with Crippen molar-refractivity contribution in [2.75, 3.05) is 19.5 Å². The Bertz CT molecular complexity index is 1020. The molecule has 0 aliphatic carbocycles. The van der Waals surface area contributed by atoms with E-state index >= 15 is 0 Å². The number of nitrogens with one attached hydrogen (secondary N) is 1. The molecule has 28 heavy (non-hydrogen) atoms. The third kappa shape index (κ3) is 2.92. The molecule has 0 spiro atoms. The Morgan fingerprint density at radius 2 is 1.82 bits per heavy atom. The van der Waals surface area contributed by atoms with Crippen LogP contribution in [0.4, 0.5) is 10.2 Å². The summed E-state index contributed by atoms with van der Waals surface area (Å²) < 4.78 is 25.6. The molecule has 2 aromatic carbocycles. The predicted molar refractivity (Wildman–Crippen MR) is 99.8 cm³/mol. The number of aromatic nitrogens is 2. The number of hydrogen-bond acceptors (Lipinski definition) is 5. The lowest BCUT2D eigenvalue weighted by Crippen LogP contribution is -2.25. The van der Waals surface area contributed by atoms with Gasteiger partial charge >= 0.3 is 0 Å². The Morgan fingerprint density at radius 3 is 2.43 bits per heavy atom. The van der Waals surface area contributed by atoms with E-state index in [2.05, 4.69) is 10.3 Å². The molecule has 2 heterocycles. The van der Waals surface area contributed by atoms with E-state index in [9.17, 15) is 14.3 Å². The highest BCUT2D eigenvalue weighted by Crippen LogP contribution is 2.44. The fraction of sp³-hybridized carbons (Fsp3) is 0.200. The van der Waals surface area contributed by atoms with Crippen molar-refractivity contribution in [2.24, 2.45) is 0 Å². The molecule has 0 radical (unpaired) electrons. The van der Waals surface area contributed by atoms with E-state index in [1.165, 1.54) is 26.4 Å². The molecule has 0 saturated heterocycles. The normalized spacial score (nSPS) is 15.7. The fourth-order valence-corrected chi connectivity index (χ4v) is 3.45. The minimum atomic E-state index is -0.361. The average molecular weight is 383 g/mol. The van der Waals surface area contributed by atoms with E-state index < -0.39 is 0 Å². The first-order valence-electron chi connectivity index (χ1n) is 8.59. The summed E-state index contributed by atoms with van der Waals surface area (Å²) in [5, 5.41) is 13.0. The number of rotatable bonds is 4. The van der Waals surface area contributed by atoms with Crippen molar-refractivity contribution in [1.29, 1.82) is 0 Å². The fourth-order valence-electron chi connectivity index (χ4n) is 3.45. The van der Waals surface area contributed by atoms with Gasteiger partial charge in [0.1, 0.15) is 12.1 Å². The van der Waals surface area contributed by atoms with Crippen molar-refractivity contribution in [3.63, 3.8) is 0 Å². The molecular weight excluding hydrogens is 365 g/mol. The number of nitrogens with zero attached hydrogens (tertiary/aromatic N) is 2. The third-order valence-corrected chi connectivity index (χ3v) is 4.79. The molecule has 1 aliphatic rings. The molecule has 0 fully saturated rings. The van der Waals surface area contributed by atoms with E-state index in [0.717, 1.165) is 11.3 Å². The Kier molecular flexibility index (Phi) is 4.38. The Hall–Kier alpha value is -3.55. The first kappa shape index (κ1) is 17.8. The van der Waals surface area contributed by atoms with E-state index in [4.69, 9.17) is 9.47 Å². The summed E-state index contributed by atoms with van der Waals surface area (Å²) in [5.74, 6) is -0.0505. The lowest BCUT2D eigenvalue weighted by molar-refractivity contribution is -0.116. The molecule has 4 rings (SSSR count). The second-order valence-corrected chi connectivity index (χ2v) is 6.40. The van der Waals surface area contributed by atoms with Crippen molar-refractivity contribution in [1.82, 2.24) is 9.55 Å². The van der Waals surface area contributed by atoms with Crippen LogP contribution < -0.4 is 14.8 Å². The maximum absolute atomic E-state index is 13.3. The minimum Gasteiger partial charge on any atom is -0.502 e. The number of ether oxygens (including phenoxy) is 2. The zero-order valence-electron chi connectivity index (χ0n) is 15.3. The molecule has 1 aromatic heterocycles. The van der Waals surface area contributed by atoms with Crippen LogP contribution in [0.25, 0.3) is 5.69 Å². The second kappa shape index (κ2) is 6.88. The van der Waals surface area contributed by atoms with Crippen LogP contribution in [0.5, 0.6) is 17.2 Å². The SMILES string of the molecule is COc1cc([C@@H]2CC(=O)Nc3ncn(-c4ccc(F)cc4)c32)cc(OC)c1O. The molecule has 0 unspecified atom stereocenters. The summed E-state index contributed by atoms with van der Waals surface area (Å²) in [4.78, 5) is 16.6. The van der Waals surface area contributed by atoms with Gasteiger partial charge in [0.05, 0.1) is 19.9 Å². The number of hydrogen-bond donors (Lipinski definition) is 2. The topological polar surface area (TPSA) is 85.6 Å². The lowest BCUT2D eigenvalue weighted by Gasteiger charge is -2.25. The van der Waals surface area contributed by atoms with Crippen LogP contribution in [-0.4, -0.2) is 34.8 Å². The quantitative estimate of drug-likeness (QED) is 0.723. The number of imidazole rings is 1. The first-order valence-corrected chi connectivity index (χ1v) is 8.59. The number of fused-ring (bicyclic) bond motifs is 1. The highest BCUT2D eigenvalue weighted by atomic mass is 19.1. The van der Waals surface area contributed by atoms with E-state index in [-0.39, 0.29) is 41.3 Å². The number of carbonyl (C=O) groups is 1. The summed E-state index contributed by atoms with van der Waals surface area (Å²) in [5.41, 5.74) is 2.20. The Labute approximate surface area is 160 Å². The number of anilines is 1. The van der Waals surface area contributed by atoms with Gasteiger partial charge in [-0.15, -0.1) is 0 Å². The van der Waals surface area contributed by atoms with Crippen molar-refractivity contribution >= 4 is 11.7 Å². The molecule has 2 N–H and O–H groups in total. The van der Waals surface area contributed by atoms with Crippen LogP contribution in [-0.2, 0) is 4.79 Å². The first-order chi connectivity index (χ1) is 13.5. The number of aromatic hydroxyl groups is 1. The molecule has 1 atom stereocenters. The third-order valence-electron chi connectivity index (χ3n) is 4.79. The smallest absolute Gasteiger partial charge is 0.226 e. The average Bonchev–Trinajstić information content (AvgIpc) is 3.12. The summed E-state index contributed by atoms with van der Waals surface area (Å²) in [6.45, 7) is 0. The van der Waals surface area contributed by atoms with Gasteiger partial charge in [0.2, 0.25) is 11.7 Å². The number of phenols is 1. The zero-order chi connectivity index (χ0) is 19.8. The zero-order valence-corrected chi connectivity index (χ0v) is 15.3.